The van der Waals surface area contributed by atoms with E-state index in [9.17, 15) is 14.4 Å². The van der Waals surface area contributed by atoms with E-state index in [1.54, 1.807) is 23.1 Å². The SMILES string of the molecule is COC(=O)c1sccc1NC(=O)CCn1nc(C)c(C(C)=O)c1C. The van der Waals surface area contributed by atoms with E-state index in [1.807, 2.05) is 6.92 Å². The number of ether oxygens (including phenoxy) is 1. The van der Waals surface area contributed by atoms with Crippen LogP contribution >= 0.6 is 11.3 Å². The summed E-state index contributed by atoms with van der Waals surface area (Å²) in [5, 5.41) is 8.72. The second kappa shape index (κ2) is 7.39. The average molecular weight is 349 g/mol. The first-order chi connectivity index (χ1) is 11.3. The number of methoxy groups -OCH3 is 1. The van der Waals surface area contributed by atoms with E-state index in [4.69, 9.17) is 0 Å². The van der Waals surface area contributed by atoms with Gasteiger partial charge in [-0.3, -0.25) is 14.3 Å². The molecular formula is C16H19N3O4S. The first-order valence-electron chi connectivity index (χ1n) is 7.35. The molecule has 0 unspecified atom stereocenters. The molecule has 1 amide bonds. The Kier molecular flexibility index (Phi) is 5.50. The molecule has 0 aliphatic carbocycles. The van der Waals surface area contributed by atoms with Gasteiger partial charge >= 0.3 is 5.97 Å². The molecule has 7 nitrogen and oxygen atoms in total. The zero-order valence-electron chi connectivity index (χ0n) is 14.0. The van der Waals surface area contributed by atoms with Gasteiger partial charge in [0.25, 0.3) is 0 Å². The Hall–Kier alpha value is -2.48. The van der Waals surface area contributed by atoms with Crippen LogP contribution in [0.1, 0.15) is 44.8 Å². The van der Waals surface area contributed by atoms with Crippen LogP contribution in [0.2, 0.25) is 0 Å². The van der Waals surface area contributed by atoms with Gasteiger partial charge in [0, 0.05) is 18.7 Å². The Bertz CT molecular complexity index is 791. The fourth-order valence-corrected chi connectivity index (χ4v) is 3.27. The van der Waals surface area contributed by atoms with Crippen LogP contribution in [0.5, 0.6) is 0 Å². The second-order valence-corrected chi connectivity index (χ2v) is 6.19. The summed E-state index contributed by atoms with van der Waals surface area (Å²) in [5.74, 6) is -0.762. The summed E-state index contributed by atoms with van der Waals surface area (Å²) < 4.78 is 6.33. The smallest absolute Gasteiger partial charge is 0.350 e. The Balaban J connectivity index is 2.02. The molecule has 128 valence electrons. The zero-order valence-corrected chi connectivity index (χ0v) is 14.8. The minimum atomic E-state index is -0.482. The molecule has 0 saturated carbocycles. The molecule has 0 atom stereocenters. The first kappa shape index (κ1) is 17.9. The highest BCUT2D eigenvalue weighted by molar-refractivity contribution is 7.12. The van der Waals surface area contributed by atoms with Gasteiger partial charge in [0.1, 0.15) is 4.88 Å². The van der Waals surface area contributed by atoms with E-state index < -0.39 is 5.97 Å². The Morgan fingerprint density at radius 2 is 2.04 bits per heavy atom. The maximum absolute atomic E-state index is 12.1. The summed E-state index contributed by atoms with van der Waals surface area (Å²) in [4.78, 5) is 35.7. The van der Waals surface area contributed by atoms with Crippen molar-refractivity contribution in [3.63, 3.8) is 0 Å². The molecule has 0 saturated heterocycles. The topological polar surface area (TPSA) is 90.3 Å². The number of Topliss-reactive ketones (excluding diaryl/α,β-unsaturated/α-hetero) is 1. The molecule has 1 N–H and O–H groups in total. The zero-order chi connectivity index (χ0) is 17.9. The fraction of sp³-hybridized carbons (Fsp3) is 0.375. The van der Waals surface area contributed by atoms with Crippen molar-refractivity contribution in [2.45, 2.75) is 33.7 Å². The highest BCUT2D eigenvalue weighted by atomic mass is 32.1. The Morgan fingerprint density at radius 1 is 1.33 bits per heavy atom. The van der Waals surface area contributed by atoms with Crippen molar-refractivity contribution in [1.82, 2.24) is 9.78 Å². The van der Waals surface area contributed by atoms with Gasteiger partial charge in [-0.25, -0.2) is 4.79 Å². The number of rotatable bonds is 6. The lowest BCUT2D eigenvalue weighted by Gasteiger charge is -2.07. The van der Waals surface area contributed by atoms with Gasteiger partial charge in [-0.2, -0.15) is 5.10 Å². The molecule has 2 rings (SSSR count). The van der Waals surface area contributed by atoms with Crippen molar-refractivity contribution >= 4 is 34.7 Å². The average Bonchev–Trinajstić information content (AvgIpc) is 3.08. The lowest BCUT2D eigenvalue weighted by Crippen LogP contribution is -2.17. The normalized spacial score (nSPS) is 10.5. The van der Waals surface area contributed by atoms with Gasteiger partial charge in [-0.1, -0.05) is 0 Å². The lowest BCUT2D eigenvalue weighted by atomic mass is 10.1. The molecule has 0 aliphatic heterocycles. The highest BCUT2D eigenvalue weighted by Crippen LogP contribution is 2.23. The van der Waals surface area contributed by atoms with Gasteiger partial charge in [0.05, 0.1) is 24.1 Å². The third-order valence-corrected chi connectivity index (χ3v) is 4.49. The van der Waals surface area contributed by atoms with Crippen LogP contribution in [0.4, 0.5) is 5.69 Å². The molecule has 2 heterocycles. The van der Waals surface area contributed by atoms with E-state index in [0.717, 1.165) is 5.69 Å². The molecule has 2 aromatic heterocycles. The number of aryl methyl sites for hydroxylation is 2. The van der Waals surface area contributed by atoms with E-state index in [2.05, 4.69) is 15.2 Å². The number of hydrogen-bond donors (Lipinski definition) is 1. The molecule has 24 heavy (non-hydrogen) atoms. The summed E-state index contributed by atoms with van der Waals surface area (Å²) in [6.07, 6.45) is 0.176. The largest absolute Gasteiger partial charge is 0.465 e. The molecule has 0 aliphatic rings. The number of hydrogen-bond acceptors (Lipinski definition) is 6. The van der Waals surface area contributed by atoms with Gasteiger partial charge in [0.2, 0.25) is 5.91 Å². The van der Waals surface area contributed by atoms with Crippen LogP contribution in [0.15, 0.2) is 11.4 Å². The number of amides is 1. The van der Waals surface area contributed by atoms with Gasteiger partial charge < -0.3 is 10.1 Å². The molecule has 0 aromatic carbocycles. The quantitative estimate of drug-likeness (QED) is 0.639. The van der Waals surface area contributed by atoms with Gasteiger partial charge in [0.15, 0.2) is 5.78 Å². The number of anilines is 1. The number of carbonyl (C=O) groups excluding carboxylic acids is 3. The number of ketones is 1. The van der Waals surface area contributed by atoms with Crippen molar-refractivity contribution in [3.05, 3.63) is 33.3 Å². The Labute approximate surface area is 143 Å². The number of esters is 1. The molecule has 0 fully saturated rings. The second-order valence-electron chi connectivity index (χ2n) is 5.28. The summed E-state index contributed by atoms with van der Waals surface area (Å²) in [6.45, 7) is 5.43. The van der Waals surface area contributed by atoms with Crippen molar-refractivity contribution in [2.24, 2.45) is 0 Å². The predicted octanol–water partition coefficient (Wildman–Crippen LogP) is 2.58. The number of nitrogens with one attached hydrogen (secondary N) is 1. The number of nitrogens with zero attached hydrogens (tertiary/aromatic N) is 2. The molecule has 0 spiro atoms. The first-order valence-corrected chi connectivity index (χ1v) is 8.23. The van der Waals surface area contributed by atoms with Crippen LogP contribution < -0.4 is 5.32 Å². The van der Waals surface area contributed by atoms with Crippen molar-refractivity contribution in [2.75, 3.05) is 12.4 Å². The summed E-state index contributed by atoms with van der Waals surface area (Å²) in [7, 11) is 1.29. The highest BCUT2D eigenvalue weighted by Gasteiger charge is 2.17. The van der Waals surface area contributed by atoms with E-state index >= 15 is 0 Å². The van der Waals surface area contributed by atoms with Crippen molar-refractivity contribution < 1.29 is 19.1 Å². The summed E-state index contributed by atoms with van der Waals surface area (Å²) in [6, 6.07) is 1.66. The molecule has 2 aromatic rings. The maximum atomic E-state index is 12.1. The van der Waals surface area contributed by atoms with Crippen LogP contribution in [-0.2, 0) is 16.1 Å². The molecule has 8 heteroatoms. The third kappa shape index (κ3) is 3.70. The molecule has 0 bridgehead atoms. The summed E-state index contributed by atoms with van der Waals surface area (Å²) >= 11 is 1.21. The third-order valence-electron chi connectivity index (χ3n) is 3.59. The number of carbonyl (C=O) groups is 3. The van der Waals surface area contributed by atoms with Crippen LogP contribution in [0.25, 0.3) is 0 Å². The van der Waals surface area contributed by atoms with E-state index in [1.165, 1.54) is 25.4 Å². The number of aromatic nitrogens is 2. The van der Waals surface area contributed by atoms with Gasteiger partial charge in [-0.15, -0.1) is 11.3 Å². The van der Waals surface area contributed by atoms with Crippen LogP contribution in [0.3, 0.4) is 0 Å². The fourth-order valence-electron chi connectivity index (χ4n) is 2.50. The molecular weight excluding hydrogens is 330 g/mol. The maximum Gasteiger partial charge on any atom is 0.350 e. The minimum Gasteiger partial charge on any atom is -0.465 e. The van der Waals surface area contributed by atoms with Gasteiger partial charge in [-0.05, 0) is 32.2 Å². The van der Waals surface area contributed by atoms with Crippen molar-refractivity contribution in [3.8, 4) is 0 Å². The monoisotopic (exact) mass is 349 g/mol. The minimum absolute atomic E-state index is 0.0401. The Morgan fingerprint density at radius 3 is 2.62 bits per heavy atom. The predicted molar refractivity (Wildman–Crippen MR) is 90.6 cm³/mol. The summed E-state index contributed by atoms with van der Waals surface area (Å²) in [5.41, 5.74) is 2.45. The van der Waals surface area contributed by atoms with Crippen molar-refractivity contribution in [1.29, 1.82) is 0 Å². The lowest BCUT2D eigenvalue weighted by molar-refractivity contribution is -0.116. The number of thiophene rings is 1. The standard InChI is InChI=1S/C16H19N3O4S/c1-9-14(11(3)20)10(2)19(18-9)7-5-13(21)17-12-6-8-24-15(12)16(22)23-4/h6,8H,5,7H2,1-4H3,(H,17,21). The van der Waals surface area contributed by atoms with E-state index in [-0.39, 0.29) is 18.1 Å². The van der Waals surface area contributed by atoms with E-state index in [0.29, 0.717) is 28.4 Å². The van der Waals surface area contributed by atoms with Crippen LogP contribution in [0, 0.1) is 13.8 Å². The van der Waals surface area contributed by atoms with Crippen LogP contribution in [-0.4, -0.2) is 34.6 Å². The molecule has 0 radical (unpaired) electrons.